The SMILES string of the molecule is CCNc1nc(C)cc(-c2ccc(OC)c(Br)c2OC)n1. The summed E-state index contributed by atoms with van der Waals surface area (Å²) >= 11 is 3.51. The Morgan fingerprint density at radius 3 is 2.57 bits per heavy atom. The van der Waals surface area contributed by atoms with Crippen molar-refractivity contribution in [2.45, 2.75) is 13.8 Å². The van der Waals surface area contributed by atoms with Gasteiger partial charge in [-0.1, -0.05) is 0 Å². The van der Waals surface area contributed by atoms with Crippen molar-refractivity contribution in [3.05, 3.63) is 28.4 Å². The van der Waals surface area contributed by atoms with Gasteiger partial charge in [-0.15, -0.1) is 0 Å². The molecule has 0 bridgehead atoms. The van der Waals surface area contributed by atoms with Gasteiger partial charge in [0.25, 0.3) is 0 Å². The summed E-state index contributed by atoms with van der Waals surface area (Å²) in [6.45, 7) is 4.72. The van der Waals surface area contributed by atoms with E-state index in [0.717, 1.165) is 28.0 Å². The number of nitrogens with one attached hydrogen (secondary N) is 1. The summed E-state index contributed by atoms with van der Waals surface area (Å²) in [5.41, 5.74) is 2.58. The highest BCUT2D eigenvalue weighted by molar-refractivity contribution is 9.10. The van der Waals surface area contributed by atoms with E-state index >= 15 is 0 Å². The van der Waals surface area contributed by atoms with Gasteiger partial charge in [0, 0.05) is 17.8 Å². The fourth-order valence-electron chi connectivity index (χ4n) is 2.04. The number of benzene rings is 1. The first-order valence-corrected chi connectivity index (χ1v) is 7.40. The third-order valence-corrected chi connectivity index (χ3v) is 3.70. The maximum Gasteiger partial charge on any atom is 0.223 e. The first-order valence-electron chi connectivity index (χ1n) is 6.61. The van der Waals surface area contributed by atoms with E-state index in [4.69, 9.17) is 9.47 Å². The van der Waals surface area contributed by atoms with E-state index < -0.39 is 0 Å². The topological polar surface area (TPSA) is 56.3 Å². The minimum Gasteiger partial charge on any atom is -0.495 e. The fraction of sp³-hybridized carbons (Fsp3) is 0.333. The summed E-state index contributed by atoms with van der Waals surface area (Å²) in [6, 6.07) is 5.74. The molecule has 1 aromatic carbocycles. The van der Waals surface area contributed by atoms with Crippen LogP contribution in [0.15, 0.2) is 22.7 Å². The molecule has 1 heterocycles. The van der Waals surface area contributed by atoms with Crippen LogP contribution in [0.3, 0.4) is 0 Å². The van der Waals surface area contributed by atoms with Crippen molar-refractivity contribution >= 4 is 21.9 Å². The number of aromatic nitrogens is 2. The Labute approximate surface area is 132 Å². The van der Waals surface area contributed by atoms with Crippen LogP contribution in [-0.2, 0) is 0 Å². The van der Waals surface area contributed by atoms with E-state index in [-0.39, 0.29) is 0 Å². The zero-order valence-corrected chi connectivity index (χ0v) is 14.1. The molecule has 0 aliphatic rings. The van der Waals surface area contributed by atoms with Gasteiger partial charge in [-0.3, -0.25) is 0 Å². The van der Waals surface area contributed by atoms with E-state index in [0.29, 0.717) is 17.4 Å². The number of halogens is 1. The number of aryl methyl sites for hydroxylation is 1. The molecule has 0 aliphatic heterocycles. The van der Waals surface area contributed by atoms with E-state index in [1.54, 1.807) is 14.2 Å². The highest BCUT2D eigenvalue weighted by atomic mass is 79.9. The molecule has 2 rings (SSSR count). The first kappa shape index (κ1) is 15.6. The Balaban J connectivity index is 2.58. The van der Waals surface area contributed by atoms with E-state index in [1.165, 1.54) is 0 Å². The highest BCUT2D eigenvalue weighted by Gasteiger charge is 2.16. The van der Waals surface area contributed by atoms with Crippen LogP contribution in [0.1, 0.15) is 12.6 Å². The minimum atomic E-state index is 0.612. The summed E-state index contributed by atoms with van der Waals surface area (Å²) < 4.78 is 11.6. The second-order valence-corrected chi connectivity index (χ2v) is 5.20. The monoisotopic (exact) mass is 351 g/mol. The number of ether oxygens (including phenoxy) is 2. The van der Waals surface area contributed by atoms with Crippen molar-refractivity contribution < 1.29 is 9.47 Å². The van der Waals surface area contributed by atoms with Crippen molar-refractivity contribution in [3.8, 4) is 22.8 Å². The Kier molecular flexibility index (Phi) is 5.01. The van der Waals surface area contributed by atoms with E-state index in [2.05, 4.69) is 31.2 Å². The molecule has 0 radical (unpaired) electrons. The summed E-state index contributed by atoms with van der Waals surface area (Å²) in [6.07, 6.45) is 0. The van der Waals surface area contributed by atoms with Gasteiger partial charge in [-0.2, -0.15) is 0 Å². The minimum absolute atomic E-state index is 0.612. The van der Waals surface area contributed by atoms with Crippen molar-refractivity contribution in [1.82, 2.24) is 9.97 Å². The van der Waals surface area contributed by atoms with Crippen molar-refractivity contribution in [2.75, 3.05) is 26.1 Å². The average molecular weight is 352 g/mol. The number of methoxy groups -OCH3 is 2. The zero-order valence-electron chi connectivity index (χ0n) is 12.5. The van der Waals surface area contributed by atoms with E-state index in [1.807, 2.05) is 32.0 Å². The van der Waals surface area contributed by atoms with Gasteiger partial charge in [0.2, 0.25) is 5.95 Å². The third-order valence-electron chi connectivity index (χ3n) is 2.95. The molecule has 0 saturated carbocycles. The Hall–Kier alpha value is -1.82. The molecule has 21 heavy (non-hydrogen) atoms. The molecule has 0 unspecified atom stereocenters. The quantitative estimate of drug-likeness (QED) is 0.890. The molecular formula is C15H18BrN3O2. The summed E-state index contributed by atoms with van der Waals surface area (Å²) in [7, 11) is 3.25. The van der Waals surface area contributed by atoms with Crippen LogP contribution >= 0.6 is 15.9 Å². The largest absolute Gasteiger partial charge is 0.495 e. The third kappa shape index (κ3) is 3.26. The van der Waals surface area contributed by atoms with Crippen LogP contribution in [-0.4, -0.2) is 30.7 Å². The molecule has 2 aromatic rings. The molecular weight excluding hydrogens is 334 g/mol. The molecule has 1 aromatic heterocycles. The standard InChI is InChI=1S/C15H18BrN3O2/c1-5-17-15-18-9(2)8-11(19-15)10-6-7-12(20-3)13(16)14(10)21-4/h6-8H,5H2,1-4H3,(H,17,18,19). The fourth-order valence-corrected chi connectivity index (χ4v) is 2.71. The number of hydrogen-bond donors (Lipinski definition) is 1. The molecule has 0 aliphatic carbocycles. The molecule has 5 nitrogen and oxygen atoms in total. The number of rotatable bonds is 5. The van der Waals surface area contributed by atoms with Crippen LogP contribution in [0.4, 0.5) is 5.95 Å². The van der Waals surface area contributed by atoms with E-state index in [9.17, 15) is 0 Å². The predicted octanol–water partition coefficient (Wildman–Crippen LogP) is 3.66. The summed E-state index contributed by atoms with van der Waals surface area (Å²) in [4.78, 5) is 8.90. The van der Waals surface area contributed by atoms with Crippen molar-refractivity contribution in [2.24, 2.45) is 0 Å². The highest BCUT2D eigenvalue weighted by Crippen LogP contribution is 2.41. The lowest BCUT2D eigenvalue weighted by Gasteiger charge is -2.14. The van der Waals surface area contributed by atoms with Gasteiger partial charge in [0.15, 0.2) is 0 Å². The molecule has 0 spiro atoms. The van der Waals surface area contributed by atoms with Crippen molar-refractivity contribution in [3.63, 3.8) is 0 Å². The second-order valence-electron chi connectivity index (χ2n) is 4.41. The smallest absolute Gasteiger partial charge is 0.223 e. The maximum absolute atomic E-state index is 5.51. The van der Waals surface area contributed by atoms with Crippen LogP contribution in [0, 0.1) is 6.92 Å². The first-order chi connectivity index (χ1) is 10.1. The lowest BCUT2D eigenvalue weighted by atomic mass is 10.1. The molecule has 6 heteroatoms. The lowest BCUT2D eigenvalue weighted by Crippen LogP contribution is -2.04. The Morgan fingerprint density at radius 1 is 1.19 bits per heavy atom. The molecule has 112 valence electrons. The summed E-state index contributed by atoms with van der Waals surface area (Å²) in [5.74, 6) is 2.02. The molecule has 0 amide bonds. The van der Waals surface area contributed by atoms with Crippen LogP contribution in [0.5, 0.6) is 11.5 Å². The van der Waals surface area contributed by atoms with Crippen LogP contribution in [0.2, 0.25) is 0 Å². The Bertz CT molecular complexity index is 647. The maximum atomic E-state index is 5.51. The van der Waals surface area contributed by atoms with Crippen LogP contribution in [0.25, 0.3) is 11.3 Å². The summed E-state index contributed by atoms with van der Waals surface area (Å²) in [5, 5.41) is 3.13. The van der Waals surface area contributed by atoms with Gasteiger partial charge in [0.05, 0.1) is 19.9 Å². The van der Waals surface area contributed by atoms with Gasteiger partial charge >= 0.3 is 0 Å². The average Bonchev–Trinajstić information content (AvgIpc) is 2.46. The van der Waals surface area contributed by atoms with Gasteiger partial charge < -0.3 is 14.8 Å². The molecule has 0 fully saturated rings. The molecule has 1 N–H and O–H groups in total. The zero-order chi connectivity index (χ0) is 15.4. The lowest BCUT2D eigenvalue weighted by molar-refractivity contribution is 0.390. The number of anilines is 1. The van der Waals surface area contributed by atoms with Crippen molar-refractivity contribution in [1.29, 1.82) is 0 Å². The molecule has 0 saturated heterocycles. The molecule has 0 atom stereocenters. The predicted molar refractivity (Wildman–Crippen MR) is 87.2 cm³/mol. The number of nitrogens with zero attached hydrogens (tertiary/aromatic N) is 2. The second kappa shape index (κ2) is 6.76. The van der Waals surface area contributed by atoms with Gasteiger partial charge in [-0.25, -0.2) is 9.97 Å². The van der Waals surface area contributed by atoms with Gasteiger partial charge in [0.1, 0.15) is 16.0 Å². The normalized spacial score (nSPS) is 10.3. The Morgan fingerprint density at radius 2 is 1.95 bits per heavy atom. The van der Waals surface area contributed by atoms with Gasteiger partial charge in [-0.05, 0) is 48.0 Å². The number of hydrogen-bond acceptors (Lipinski definition) is 5. The van der Waals surface area contributed by atoms with Crippen LogP contribution < -0.4 is 14.8 Å².